The highest BCUT2D eigenvalue weighted by Gasteiger charge is 2.37. The number of halogens is 1. The van der Waals surface area contributed by atoms with Crippen LogP contribution in [0.5, 0.6) is 0 Å². The molecule has 0 unspecified atom stereocenters. The number of carbonyl (C=O) groups excluding carboxylic acids is 1. The van der Waals surface area contributed by atoms with Crippen molar-refractivity contribution in [2.24, 2.45) is 0 Å². The van der Waals surface area contributed by atoms with Gasteiger partial charge in [-0.3, -0.25) is 4.79 Å². The van der Waals surface area contributed by atoms with Gasteiger partial charge in [-0.15, -0.1) is 0 Å². The zero-order valence-corrected chi connectivity index (χ0v) is 15.2. The van der Waals surface area contributed by atoms with E-state index >= 15 is 0 Å². The fraction of sp³-hybridized carbons (Fsp3) is 0. The number of fused-ring (bicyclic) bond motifs is 2. The Morgan fingerprint density at radius 3 is 2.24 bits per heavy atom. The molecule has 1 aliphatic rings. The lowest BCUT2D eigenvalue weighted by Gasteiger charge is -2.21. The van der Waals surface area contributed by atoms with Gasteiger partial charge in [-0.2, -0.15) is 0 Å². The van der Waals surface area contributed by atoms with Gasteiger partial charge in [-0.25, -0.2) is 8.42 Å². The van der Waals surface area contributed by atoms with Crippen molar-refractivity contribution in [2.45, 2.75) is 19.6 Å². The van der Waals surface area contributed by atoms with Crippen LogP contribution in [0.25, 0.3) is 0 Å². The average Bonchev–Trinajstić information content (AvgIpc) is 2.62. The number of sulfone groups is 1. The Bertz CT molecular complexity index is 1110. The molecule has 0 N–H and O–H groups in total. The summed E-state index contributed by atoms with van der Waals surface area (Å²) in [4.78, 5) is 14.1. The lowest BCUT2D eigenvalue weighted by molar-refractivity contribution is 0.103. The van der Waals surface area contributed by atoms with Crippen molar-refractivity contribution < 1.29 is 13.2 Å². The number of ketones is 1. The van der Waals surface area contributed by atoms with Gasteiger partial charge in [0.05, 0.1) is 9.92 Å². The van der Waals surface area contributed by atoms with Crippen molar-refractivity contribution >= 4 is 39.0 Å². The molecule has 6 heteroatoms. The minimum absolute atomic E-state index is 0.0104. The number of rotatable bonds is 2. The summed E-state index contributed by atoms with van der Waals surface area (Å²) in [7, 11) is -3.85. The molecule has 0 bridgehead atoms. The summed E-state index contributed by atoms with van der Waals surface area (Å²) in [5.74, 6) is -0.321. The maximum Gasteiger partial charge on any atom is 0.209 e. The van der Waals surface area contributed by atoms with Crippen LogP contribution >= 0.6 is 23.4 Å². The Labute approximate surface area is 154 Å². The first-order valence-electron chi connectivity index (χ1n) is 7.44. The van der Waals surface area contributed by atoms with E-state index in [4.69, 9.17) is 11.6 Å². The van der Waals surface area contributed by atoms with E-state index in [-0.39, 0.29) is 31.7 Å². The van der Waals surface area contributed by atoms with E-state index in [0.29, 0.717) is 4.90 Å². The summed E-state index contributed by atoms with van der Waals surface area (Å²) in [6.07, 6.45) is 0. The summed E-state index contributed by atoms with van der Waals surface area (Å²) in [5.41, 5.74) is 0.315. The molecule has 0 amide bonds. The molecule has 0 saturated heterocycles. The number of hydrogen-bond donors (Lipinski definition) is 0. The van der Waals surface area contributed by atoms with Crippen molar-refractivity contribution in [1.82, 2.24) is 0 Å². The van der Waals surface area contributed by atoms with E-state index in [1.807, 2.05) is 30.3 Å². The van der Waals surface area contributed by atoms with Crippen LogP contribution in [0.3, 0.4) is 0 Å². The standard InChI is InChI=1S/C19H11ClO3S2/c20-17-15(24-12-6-2-1-3-7-12)11-10-14-18(21)13-8-4-5-9-16(13)25(22,23)19(14)17/h1-11H. The molecule has 3 aromatic carbocycles. The molecule has 0 spiro atoms. The van der Waals surface area contributed by atoms with Crippen LogP contribution in [0.15, 0.2) is 86.3 Å². The molecule has 4 rings (SSSR count). The SMILES string of the molecule is O=C1c2ccccc2S(=O)(=O)c2c1ccc(Sc1ccccc1)c2Cl. The molecule has 25 heavy (non-hydrogen) atoms. The molecule has 0 saturated carbocycles. The number of carbonyl (C=O) groups is 1. The average molecular weight is 387 g/mol. The summed E-state index contributed by atoms with van der Waals surface area (Å²) in [5, 5.41) is 0.0919. The normalized spacial score (nSPS) is 14.7. The van der Waals surface area contributed by atoms with E-state index in [2.05, 4.69) is 0 Å². The van der Waals surface area contributed by atoms with E-state index in [9.17, 15) is 13.2 Å². The predicted molar refractivity (Wildman–Crippen MR) is 97.3 cm³/mol. The van der Waals surface area contributed by atoms with Gasteiger partial charge in [0.2, 0.25) is 9.84 Å². The Hall–Kier alpha value is -2.08. The van der Waals surface area contributed by atoms with Gasteiger partial charge in [-0.1, -0.05) is 53.7 Å². The molecular weight excluding hydrogens is 376 g/mol. The van der Waals surface area contributed by atoms with Crippen LogP contribution in [0.4, 0.5) is 0 Å². The highest BCUT2D eigenvalue weighted by Crippen LogP contribution is 2.43. The molecule has 3 aromatic rings. The molecule has 0 aromatic heterocycles. The van der Waals surface area contributed by atoms with Gasteiger partial charge in [0.1, 0.15) is 4.90 Å². The molecule has 0 aliphatic carbocycles. The Morgan fingerprint density at radius 1 is 0.800 bits per heavy atom. The van der Waals surface area contributed by atoms with E-state index in [1.54, 1.807) is 24.3 Å². The predicted octanol–water partition coefficient (Wildman–Crippen LogP) is 4.87. The van der Waals surface area contributed by atoms with Crippen molar-refractivity contribution in [1.29, 1.82) is 0 Å². The van der Waals surface area contributed by atoms with Gasteiger partial charge in [-0.05, 0) is 36.4 Å². The van der Waals surface area contributed by atoms with Gasteiger partial charge in [0.25, 0.3) is 0 Å². The first-order valence-corrected chi connectivity index (χ1v) is 10.1. The third-order valence-electron chi connectivity index (χ3n) is 3.97. The third-order valence-corrected chi connectivity index (χ3v) is 7.55. The van der Waals surface area contributed by atoms with E-state index < -0.39 is 9.84 Å². The van der Waals surface area contributed by atoms with E-state index in [1.165, 1.54) is 23.9 Å². The molecule has 0 fully saturated rings. The van der Waals surface area contributed by atoms with Crippen molar-refractivity contribution in [2.75, 3.05) is 0 Å². The van der Waals surface area contributed by atoms with Gasteiger partial charge < -0.3 is 0 Å². The topological polar surface area (TPSA) is 51.2 Å². The quantitative estimate of drug-likeness (QED) is 0.493. The minimum atomic E-state index is -3.85. The molecule has 0 atom stereocenters. The lowest BCUT2D eigenvalue weighted by Crippen LogP contribution is -2.20. The second kappa shape index (κ2) is 6.02. The van der Waals surface area contributed by atoms with Crippen LogP contribution in [-0.2, 0) is 9.84 Å². The zero-order chi connectivity index (χ0) is 17.6. The fourth-order valence-electron chi connectivity index (χ4n) is 2.82. The van der Waals surface area contributed by atoms with Crippen molar-refractivity contribution in [3.63, 3.8) is 0 Å². The second-order valence-electron chi connectivity index (χ2n) is 5.50. The summed E-state index contributed by atoms with van der Waals surface area (Å²) in [6.45, 7) is 0. The number of hydrogen-bond acceptors (Lipinski definition) is 4. The molecule has 3 nitrogen and oxygen atoms in total. The van der Waals surface area contributed by atoms with Crippen molar-refractivity contribution in [3.8, 4) is 0 Å². The molecule has 1 heterocycles. The first-order chi connectivity index (χ1) is 12.0. The van der Waals surface area contributed by atoms with Crippen LogP contribution in [0.2, 0.25) is 5.02 Å². The second-order valence-corrected chi connectivity index (χ2v) is 8.85. The highest BCUT2D eigenvalue weighted by molar-refractivity contribution is 7.99. The number of benzene rings is 3. The maximum atomic E-state index is 13.0. The molecule has 1 aliphatic heterocycles. The summed E-state index contributed by atoms with van der Waals surface area (Å²) < 4.78 is 26.0. The van der Waals surface area contributed by atoms with Gasteiger partial charge >= 0.3 is 0 Å². The monoisotopic (exact) mass is 386 g/mol. The highest BCUT2D eigenvalue weighted by atomic mass is 35.5. The Morgan fingerprint density at radius 2 is 1.48 bits per heavy atom. The summed E-state index contributed by atoms with van der Waals surface area (Å²) >= 11 is 7.80. The third kappa shape index (κ3) is 2.59. The van der Waals surface area contributed by atoms with Crippen LogP contribution in [-0.4, -0.2) is 14.2 Å². The molecule has 0 radical (unpaired) electrons. The van der Waals surface area contributed by atoms with Gasteiger partial charge in [0, 0.05) is 20.9 Å². The largest absolute Gasteiger partial charge is 0.289 e. The lowest BCUT2D eigenvalue weighted by atomic mass is 10.0. The van der Waals surface area contributed by atoms with E-state index in [0.717, 1.165) is 4.90 Å². The fourth-order valence-corrected chi connectivity index (χ4v) is 6.07. The van der Waals surface area contributed by atoms with Crippen LogP contribution < -0.4 is 0 Å². The smallest absolute Gasteiger partial charge is 0.209 e. The Balaban J connectivity index is 1.92. The van der Waals surface area contributed by atoms with Crippen LogP contribution in [0.1, 0.15) is 15.9 Å². The first kappa shape index (κ1) is 16.4. The van der Waals surface area contributed by atoms with Gasteiger partial charge in [0.15, 0.2) is 5.78 Å². The summed E-state index contributed by atoms with van der Waals surface area (Å²) in [6, 6.07) is 19.0. The Kier molecular flexibility index (Phi) is 3.95. The molecular formula is C19H11ClO3S2. The zero-order valence-electron chi connectivity index (χ0n) is 12.8. The van der Waals surface area contributed by atoms with Crippen LogP contribution in [0, 0.1) is 0 Å². The maximum absolute atomic E-state index is 13.0. The minimum Gasteiger partial charge on any atom is -0.289 e. The molecule has 124 valence electrons. The van der Waals surface area contributed by atoms with Crippen molar-refractivity contribution in [3.05, 3.63) is 82.9 Å².